The fourth-order valence-corrected chi connectivity index (χ4v) is 5.62. The second-order valence-electron chi connectivity index (χ2n) is 8.92. The molecule has 0 amide bonds. The van der Waals surface area contributed by atoms with Crippen molar-refractivity contribution in [1.29, 1.82) is 0 Å². The highest BCUT2D eigenvalue weighted by molar-refractivity contribution is 5.53. The SMILES string of the molecule is COc1ccc(CC2c3cc(OC)c(OC)cc3C3(CCCC3)CCN2C)cc1OC. The molecule has 168 valence electrons. The van der Waals surface area contributed by atoms with E-state index in [2.05, 4.69) is 36.2 Å². The number of fused-ring (bicyclic) bond motifs is 2. The average Bonchev–Trinajstić information content (AvgIpc) is 3.26. The molecule has 1 saturated carbocycles. The van der Waals surface area contributed by atoms with Gasteiger partial charge in [-0.05, 0) is 85.6 Å². The van der Waals surface area contributed by atoms with Crippen LogP contribution in [0.5, 0.6) is 23.0 Å². The predicted molar refractivity (Wildman–Crippen MR) is 123 cm³/mol. The molecule has 2 aliphatic rings. The van der Waals surface area contributed by atoms with Gasteiger partial charge in [0.25, 0.3) is 0 Å². The smallest absolute Gasteiger partial charge is 0.161 e. The number of hydrogen-bond donors (Lipinski definition) is 0. The van der Waals surface area contributed by atoms with Gasteiger partial charge in [0, 0.05) is 6.04 Å². The highest BCUT2D eigenvalue weighted by Gasteiger charge is 2.42. The first-order valence-corrected chi connectivity index (χ1v) is 11.2. The average molecular weight is 426 g/mol. The molecule has 2 aromatic carbocycles. The molecule has 2 aromatic rings. The lowest BCUT2D eigenvalue weighted by atomic mass is 9.73. The third-order valence-electron chi connectivity index (χ3n) is 7.40. The number of rotatable bonds is 6. The normalized spacial score (nSPS) is 20.2. The first-order valence-electron chi connectivity index (χ1n) is 11.2. The van der Waals surface area contributed by atoms with Crippen LogP contribution in [0.2, 0.25) is 0 Å². The van der Waals surface area contributed by atoms with E-state index in [1.54, 1.807) is 28.4 Å². The minimum absolute atomic E-state index is 0.246. The van der Waals surface area contributed by atoms with Crippen LogP contribution in [-0.2, 0) is 11.8 Å². The van der Waals surface area contributed by atoms with Crippen molar-refractivity contribution >= 4 is 0 Å². The Morgan fingerprint density at radius 1 is 0.806 bits per heavy atom. The minimum atomic E-state index is 0.246. The second kappa shape index (κ2) is 8.99. The second-order valence-corrected chi connectivity index (χ2v) is 8.92. The van der Waals surface area contributed by atoms with Crippen molar-refractivity contribution in [2.75, 3.05) is 42.0 Å². The summed E-state index contributed by atoms with van der Waals surface area (Å²) in [6, 6.07) is 11.0. The van der Waals surface area contributed by atoms with Gasteiger partial charge >= 0.3 is 0 Å². The van der Waals surface area contributed by atoms with E-state index >= 15 is 0 Å². The number of hydrogen-bond acceptors (Lipinski definition) is 5. The van der Waals surface area contributed by atoms with E-state index in [4.69, 9.17) is 18.9 Å². The van der Waals surface area contributed by atoms with E-state index in [0.29, 0.717) is 0 Å². The summed E-state index contributed by atoms with van der Waals surface area (Å²) in [5.74, 6) is 3.18. The quantitative estimate of drug-likeness (QED) is 0.640. The molecule has 4 rings (SSSR count). The number of benzene rings is 2. The molecule has 1 aliphatic heterocycles. The molecule has 1 spiro atoms. The topological polar surface area (TPSA) is 40.2 Å². The van der Waals surface area contributed by atoms with Crippen LogP contribution in [0, 0.1) is 0 Å². The summed E-state index contributed by atoms with van der Waals surface area (Å²) in [6.45, 7) is 1.08. The maximum Gasteiger partial charge on any atom is 0.161 e. The molecule has 5 nitrogen and oxygen atoms in total. The van der Waals surface area contributed by atoms with E-state index in [-0.39, 0.29) is 11.5 Å². The van der Waals surface area contributed by atoms with Crippen molar-refractivity contribution in [2.24, 2.45) is 0 Å². The number of likely N-dealkylation sites (N-methyl/N-ethyl adjacent to an activating group) is 1. The summed E-state index contributed by atoms with van der Waals surface area (Å²) in [5.41, 5.74) is 4.31. The Bertz CT molecular complexity index is 920. The largest absolute Gasteiger partial charge is 0.493 e. The Balaban J connectivity index is 1.81. The summed E-state index contributed by atoms with van der Waals surface area (Å²) in [7, 11) is 9.07. The first-order chi connectivity index (χ1) is 15.0. The van der Waals surface area contributed by atoms with Gasteiger partial charge in [0.1, 0.15) is 0 Å². The van der Waals surface area contributed by atoms with Crippen LogP contribution in [0.25, 0.3) is 0 Å². The Labute approximate surface area is 186 Å². The monoisotopic (exact) mass is 425 g/mol. The molecule has 1 atom stereocenters. The Hall–Kier alpha value is -2.40. The zero-order valence-electron chi connectivity index (χ0n) is 19.5. The molecule has 1 unspecified atom stereocenters. The lowest BCUT2D eigenvalue weighted by Gasteiger charge is -2.31. The fourth-order valence-electron chi connectivity index (χ4n) is 5.62. The zero-order chi connectivity index (χ0) is 22.0. The van der Waals surface area contributed by atoms with E-state index in [9.17, 15) is 0 Å². The van der Waals surface area contributed by atoms with Gasteiger partial charge in [0.15, 0.2) is 23.0 Å². The van der Waals surface area contributed by atoms with E-state index in [0.717, 1.165) is 36.0 Å². The summed E-state index contributed by atoms with van der Waals surface area (Å²) >= 11 is 0. The van der Waals surface area contributed by atoms with Crippen molar-refractivity contribution in [3.63, 3.8) is 0 Å². The van der Waals surface area contributed by atoms with Crippen LogP contribution in [-0.4, -0.2) is 46.9 Å². The van der Waals surface area contributed by atoms with Crippen molar-refractivity contribution in [3.8, 4) is 23.0 Å². The van der Waals surface area contributed by atoms with Crippen molar-refractivity contribution in [2.45, 2.75) is 50.0 Å². The van der Waals surface area contributed by atoms with E-state index in [1.165, 1.54) is 48.8 Å². The summed E-state index contributed by atoms with van der Waals surface area (Å²) in [4.78, 5) is 2.51. The lowest BCUT2D eigenvalue weighted by molar-refractivity contribution is 0.232. The number of methoxy groups -OCH3 is 4. The van der Waals surface area contributed by atoms with Crippen LogP contribution in [0.3, 0.4) is 0 Å². The highest BCUT2D eigenvalue weighted by atomic mass is 16.5. The first kappa shape index (κ1) is 21.8. The zero-order valence-corrected chi connectivity index (χ0v) is 19.5. The molecule has 31 heavy (non-hydrogen) atoms. The minimum Gasteiger partial charge on any atom is -0.493 e. The predicted octanol–water partition coefficient (Wildman–Crippen LogP) is 5.15. The molecule has 0 aromatic heterocycles. The van der Waals surface area contributed by atoms with Gasteiger partial charge in [0.05, 0.1) is 28.4 Å². The summed E-state index contributed by atoms with van der Waals surface area (Å²) in [6.07, 6.45) is 7.21. The molecule has 0 saturated heterocycles. The Kier molecular flexibility index (Phi) is 6.33. The van der Waals surface area contributed by atoms with Crippen LogP contribution in [0.15, 0.2) is 30.3 Å². The highest BCUT2D eigenvalue weighted by Crippen LogP contribution is 2.51. The Morgan fingerprint density at radius 2 is 1.42 bits per heavy atom. The summed E-state index contributed by atoms with van der Waals surface area (Å²) < 4.78 is 22.4. The van der Waals surface area contributed by atoms with Gasteiger partial charge in [-0.3, -0.25) is 4.90 Å². The molecule has 1 aliphatic carbocycles. The lowest BCUT2D eigenvalue weighted by Crippen LogP contribution is -2.27. The van der Waals surface area contributed by atoms with Crippen molar-refractivity contribution in [3.05, 3.63) is 47.0 Å². The fraction of sp³-hybridized carbons (Fsp3) is 0.538. The third kappa shape index (κ3) is 3.96. The number of ether oxygens (including phenoxy) is 4. The molecular weight excluding hydrogens is 390 g/mol. The molecule has 0 N–H and O–H groups in total. The third-order valence-corrected chi connectivity index (χ3v) is 7.40. The molecule has 0 bridgehead atoms. The van der Waals surface area contributed by atoms with E-state index in [1.807, 2.05) is 6.07 Å². The molecule has 0 radical (unpaired) electrons. The summed E-state index contributed by atoms with van der Waals surface area (Å²) in [5, 5.41) is 0. The van der Waals surface area contributed by atoms with Crippen LogP contribution < -0.4 is 18.9 Å². The van der Waals surface area contributed by atoms with Crippen molar-refractivity contribution < 1.29 is 18.9 Å². The molecular formula is C26H35NO4. The van der Waals surface area contributed by atoms with Gasteiger partial charge in [-0.2, -0.15) is 0 Å². The molecule has 5 heteroatoms. The van der Waals surface area contributed by atoms with Gasteiger partial charge in [-0.25, -0.2) is 0 Å². The molecule has 1 fully saturated rings. The van der Waals surface area contributed by atoms with Crippen LogP contribution in [0.1, 0.15) is 54.8 Å². The van der Waals surface area contributed by atoms with Gasteiger partial charge in [0.2, 0.25) is 0 Å². The van der Waals surface area contributed by atoms with Gasteiger partial charge < -0.3 is 18.9 Å². The number of nitrogens with zero attached hydrogens (tertiary/aromatic N) is 1. The van der Waals surface area contributed by atoms with Crippen LogP contribution >= 0.6 is 0 Å². The maximum atomic E-state index is 5.71. The van der Waals surface area contributed by atoms with Crippen molar-refractivity contribution in [1.82, 2.24) is 4.90 Å². The van der Waals surface area contributed by atoms with E-state index < -0.39 is 0 Å². The van der Waals surface area contributed by atoms with Gasteiger partial charge in [-0.1, -0.05) is 18.9 Å². The standard InChI is InChI=1S/C26H35NO4/c1-27-13-12-26(10-6-7-11-26)20-17-25(31-5)24(30-4)16-19(20)21(27)14-18-8-9-22(28-2)23(15-18)29-3/h8-9,15-17,21H,6-7,10-14H2,1-5H3. The molecule has 1 heterocycles. The van der Waals surface area contributed by atoms with Crippen LogP contribution in [0.4, 0.5) is 0 Å². The maximum absolute atomic E-state index is 5.71. The Morgan fingerprint density at radius 3 is 2.06 bits per heavy atom. The van der Waals surface area contributed by atoms with Gasteiger partial charge in [-0.15, -0.1) is 0 Å².